The van der Waals surface area contributed by atoms with Crippen molar-refractivity contribution in [1.29, 1.82) is 0 Å². The summed E-state index contributed by atoms with van der Waals surface area (Å²) in [6, 6.07) is 8.79. The van der Waals surface area contributed by atoms with E-state index in [1.807, 2.05) is 0 Å². The molecule has 124 valence electrons. The molecule has 0 unspecified atom stereocenters. The zero-order valence-electron chi connectivity index (χ0n) is 13.0. The van der Waals surface area contributed by atoms with Crippen molar-refractivity contribution in [3.63, 3.8) is 0 Å². The zero-order valence-corrected chi connectivity index (χ0v) is 13.8. The minimum absolute atomic E-state index is 0.217. The topological polar surface area (TPSA) is 53.4 Å². The number of hydrogen-bond acceptors (Lipinski definition) is 4. The van der Waals surface area contributed by atoms with Crippen LogP contribution in [0.3, 0.4) is 0 Å². The molecule has 3 rings (SSSR count). The van der Waals surface area contributed by atoms with Crippen LogP contribution in [0.15, 0.2) is 36.4 Å². The van der Waals surface area contributed by atoms with Gasteiger partial charge < -0.3 is 14.0 Å². The predicted molar refractivity (Wildman–Crippen MR) is 88.1 cm³/mol. The Labute approximate surface area is 142 Å². The van der Waals surface area contributed by atoms with Gasteiger partial charge in [0.15, 0.2) is 5.75 Å². The van der Waals surface area contributed by atoms with E-state index >= 15 is 0 Å². The van der Waals surface area contributed by atoms with Crippen LogP contribution in [-0.4, -0.2) is 22.6 Å². The third-order valence-electron chi connectivity index (χ3n) is 3.63. The highest BCUT2D eigenvalue weighted by Crippen LogP contribution is 2.32. The summed E-state index contributed by atoms with van der Waals surface area (Å²) < 4.78 is 25.4. The molecule has 0 bridgehead atoms. The second kappa shape index (κ2) is 6.49. The van der Waals surface area contributed by atoms with Crippen molar-refractivity contribution < 1.29 is 18.7 Å². The maximum Gasteiger partial charge on any atom is 0.338 e. The Bertz CT molecular complexity index is 906. The highest BCUT2D eigenvalue weighted by atomic mass is 35.5. The van der Waals surface area contributed by atoms with Gasteiger partial charge in [-0.1, -0.05) is 0 Å². The minimum atomic E-state index is -0.491. The molecule has 0 saturated carbocycles. The van der Waals surface area contributed by atoms with Gasteiger partial charge in [-0.3, -0.25) is 0 Å². The minimum Gasteiger partial charge on any atom is -0.465 e. The number of halogens is 2. The average molecular weight is 349 g/mol. The first-order chi connectivity index (χ1) is 11.5. The summed E-state index contributed by atoms with van der Waals surface area (Å²) in [7, 11) is 3.11. The van der Waals surface area contributed by atoms with E-state index in [2.05, 4.69) is 4.98 Å². The number of rotatable bonds is 4. The number of imidazole rings is 1. The molecule has 24 heavy (non-hydrogen) atoms. The molecule has 0 saturated heterocycles. The van der Waals surface area contributed by atoms with E-state index in [1.54, 1.807) is 23.7 Å². The van der Waals surface area contributed by atoms with E-state index in [0.717, 1.165) is 0 Å². The van der Waals surface area contributed by atoms with Crippen LogP contribution in [0.2, 0.25) is 0 Å². The third kappa shape index (κ3) is 2.92. The summed E-state index contributed by atoms with van der Waals surface area (Å²) in [4.78, 5) is 16.4. The summed E-state index contributed by atoms with van der Waals surface area (Å²) in [6.07, 6.45) is 0. The number of benzene rings is 2. The lowest BCUT2D eigenvalue weighted by Crippen LogP contribution is -2.02. The Hall–Kier alpha value is -2.60. The zero-order chi connectivity index (χ0) is 17.3. The molecule has 0 aliphatic heterocycles. The Morgan fingerprint density at radius 1 is 1.29 bits per heavy atom. The van der Waals surface area contributed by atoms with Crippen molar-refractivity contribution in [2.75, 3.05) is 7.11 Å². The number of carbonyl (C=O) groups excluding carboxylic acids is 1. The van der Waals surface area contributed by atoms with Gasteiger partial charge in [0.25, 0.3) is 0 Å². The lowest BCUT2D eigenvalue weighted by Gasteiger charge is -2.09. The molecule has 0 spiro atoms. The van der Waals surface area contributed by atoms with E-state index in [-0.39, 0.29) is 11.7 Å². The van der Waals surface area contributed by atoms with Gasteiger partial charge in [0, 0.05) is 7.05 Å². The van der Waals surface area contributed by atoms with Crippen LogP contribution in [0.5, 0.6) is 11.5 Å². The molecule has 0 radical (unpaired) electrons. The number of methoxy groups -OCH3 is 1. The van der Waals surface area contributed by atoms with E-state index in [9.17, 15) is 9.18 Å². The number of alkyl halides is 1. The summed E-state index contributed by atoms with van der Waals surface area (Å²) in [5.74, 6) is 0.795. The van der Waals surface area contributed by atoms with Crippen LogP contribution in [0.1, 0.15) is 16.2 Å². The Kier molecular flexibility index (Phi) is 4.40. The molecule has 1 aromatic heterocycles. The fourth-order valence-electron chi connectivity index (χ4n) is 2.37. The van der Waals surface area contributed by atoms with Gasteiger partial charge >= 0.3 is 5.97 Å². The third-order valence-corrected chi connectivity index (χ3v) is 3.87. The molecule has 3 aromatic rings. The largest absolute Gasteiger partial charge is 0.465 e. The van der Waals surface area contributed by atoms with Gasteiger partial charge in [0.1, 0.15) is 22.9 Å². The molecule has 0 N–H and O–H groups in total. The van der Waals surface area contributed by atoms with Gasteiger partial charge in [-0.25, -0.2) is 14.2 Å². The lowest BCUT2D eigenvalue weighted by atomic mass is 10.2. The Morgan fingerprint density at radius 3 is 2.62 bits per heavy atom. The fraction of sp³-hybridized carbons (Fsp3) is 0.176. The molecule has 7 heteroatoms. The normalized spacial score (nSPS) is 10.8. The molecule has 1 heterocycles. The molecule has 0 aliphatic carbocycles. The van der Waals surface area contributed by atoms with Gasteiger partial charge in [0.2, 0.25) is 0 Å². The first-order valence-corrected chi connectivity index (χ1v) is 7.64. The summed E-state index contributed by atoms with van der Waals surface area (Å²) in [5, 5.41) is 0. The number of nitrogens with zero attached hydrogens (tertiary/aromatic N) is 2. The van der Waals surface area contributed by atoms with Crippen LogP contribution in [0.4, 0.5) is 4.39 Å². The number of esters is 1. The van der Waals surface area contributed by atoms with E-state index in [0.29, 0.717) is 33.9 Å². The van der Waals surface area contributed by atoms with Crippen molar-refractivity contribution >= 4 is 28.6 Å². The van der Waals surface area contributed by atoms with Crippen LogP contribution in [0, 0.1) is 5.82 Å². The number of hydrogen-bond donors (Lipinski definition) is 0. The number of aromatic nitrogens is 2. The molecule has 2 aromatic carbocycles. The second-order valence-electron chi connectivity index (χ2n) is 5.11. The van der Waals surface area contributed by atoms with Crippen molar-refractivity contribution in [3.05, 3.63) is 53.6 Å². The Balaban J connectivity index is 2.16. The highest BCUT2D eigenvalue weighted by Gasteiger charge is 2.17. The van der Waals surface area contributed by atoms with Crippen molar-refractivity contribution in [3.8, 4) is 11.5 Å². The monoisotopic (exact) mass is 348 g/mol. The summed E-state index contributed by atoms with van der Waals surface area (Å²) in [5.41, 5.74) is 1.57. The quantitative estimate of drug-likeness (QED) is 0.527. The first kappa shape index (κ1) is 16.3. The molecular weight excluding hydrogens is 335 g/mol. The van der Waals surface area contributed by atoms with Gasteiger partial charge in [0.05, 0.1) is 24.1 Å². The molecule has 0 atom stereocenters. The number of carbonyl (C=O) groups is 1. The van der Waals surface area contributed by atoms with Crippen molar-refractivity contribution in [1.82, 2.24) is 9.55 Å². The molecular formula is C17H14ClFN2O3. The van der Waals surface area contributed by atoms with Gasteiger partial charge in [-0.05, 0) is 36.4 Å². The van der Waals surface area contributed by atoms with Crippen LogP contribution in [-0.2, 0) is 17.7 Å². The molecule has 0 fully saturated rings. The van der Waals surface area contributed by atoms with E-state index in [1.165, 1.54) is 31.4 Å². The van der Waals surface area contributed by atoms with Gasteiger partial charge in [-0.2, -0.15) is 0 Å². The van der Waals surface area contributed by atoms with E-state index in [4.69, 9.17) is 21.1 Å². The average Bonchev–Trinajstić information content (AvgIpc) is 2.92. The summed E-state index contributed by atoms with van der Waals surface area (Å²) in [6.45, 7) is 0. The molecule has 5 nitrogen and oxygen atoms in total. The lowest BCUT2D eigenvalue weighted by molar-refractivity contribution is 0.0600. The Morgan fingerprint density at radius 2 is 2.00 bits per heavy atom. The van der Waals surface area contributed by atoms with E-state index < -0.39 is 5.97 Å². The fourth-order valence-corrected chi connectivity index (χ4v) is 2.61. The number of fused-ring (bicyclic) bond motifs is 1. The molecule has 0 aliphatic rings. The highest BCUT2D eigenvalue weighted by molar-refractivity contribution is 6.17. The van der Waals surface area contributed by atoms with Gasteiger partial charge in [-0.15, -0.1) is 11.6 Å². The van der Waals surface area contributed by atoms with Crippen molar-refractivity contribution in [2.45, 2.75) is 5.88 Å². The second-order valence-corrected chi connectivity index (χ2v) is 5.38. The predicted octanol–water partition coefficient (Wildman–Crippen LogP) is 4.03. The smallest absolute Gasteiger partial charge is 0.338 e. The standard InChI is InChI=1S/C17H14ClFN2O3/c1-21-13-7-10(17(22)23-2)8-14(16(13)20-15(21)9-18)24-12-5-3-11(19)4-6-12/h3-8H,9H2,1-2H3. The first-order valence-electron chi connectivity index (χ1n) is 7.10. The van der Waals surface area contributed by atoms with Crippen LogP contribution >= 0.6 is 11.6 Å². The van der Waals surface area contributed by atoms with Crippen LogP contribution in [0.25, 0.3) is 11.0 Å². The molecule has 0 amide bonds. The van der Waals surface area contributed by atoms with Crippen molar-refractivity contribution in [2.24, 2.45) is 7.05 Å². The number of aryl methyl sites for hydroxylation is 1. The SMILES string of the molecule is COC(=O)c1cc(Oc2ccc(F)cc2)c2nc(CCl)n(C)c2c1. The van der Waals surface area contributed by atoms with Crippen LogP contribution < -0.4 is 4.74 Å². The maximum absolute atomic E-state index is 13.0. The summed E-state index contributed by atoms with van der Waals surface area (Å²) >= 11 is 5.91. The number of ether oxygens (including phenoxy) is 2. The maximum atomic E-state index is 13.0.